The molecule has 0 aromatic rings. The number of aliphatic hydroxyl groups is 2. The number of aliphatic hydroxyl groups excluding tert-OH is 1. The maximum Gasteiger partial charge on any atom is 0.469 e. The smallest absolute Gasteiger partial charge is 0.393 e. The molecule has 4 atom stereocenters. The topological polar surface area (TPSA) is 134 Å². The van der Waals surface area contributed by atoms with Crippen LogP contribution in [0.3, 0.4) is 0 Å². The number of aldehydes is 1. The van der Waals surface area contributed by atoms with Crippen molar-refractivity contribution in [1.82, 2.24) is 0 Å². The maximum atomic E-state index is 10.6. The van der Waals surface area contributed by atoms with Crippen LogP contribution in [-0.2, 0) is 18.6 Å². The summed E-state index contributed by atoms with van der Waals surface area (Å²) in [6, 6.07) is 0. The summed E-state index contributed by atoms with van der Waals surface area (Å²) in [4.78, 5) is 27.7. The molecule has 0 saturated carbocycles. The molecule has 100 valence electrons. The second-order valence-electron chi connectivity index (χ2n) is 4.04. The van der Waals surface area contributed by atoms with E-state index in [2.05, 4.69) is 4.52 Å². The van der Waals surface area contributed by atoms with Gasteiger partial charge in [0, 0.05) is 12.3 Å². The van der Waals surface area contributed by atoms with Crippen LogP contribution in [0.4, 0.5) is 0 Å². The van der Waals surface area contributed by atoms with Crippen molar-refractivity contribution in [2.45, 2.75) is 31.3 Å². The summed E-state index contributed by atoms with van der Waals surface area (Å²) >= 11 is 0. The number of rotatable bonds is 4. The second kappa shape index (κ2) is 5.11. The van der Waals surface area contributed by atoms with Crippen molar-refractivity contribution in [1.29, 1.82) is 0 Å². The Kier molecular flexibility index (Phi) is 4.43. The molecule has 0 aromatic carbocycles. The fourth-order valence-electron chi connectivity index (χ4n) is 1.58. The molecule has 17 heavy (non-hydrogen) atoms. The van der Waals surface area contributed by atoms with Crippen LogP contribution in [0.25, 0.3) is 0 Å². The first-order valence-electron chi connectivity index (χ1n) is 4.91. The largest absolute Gasteiger partial charge is 0.469 e. The normalized spacial score (nSPS) is 39.0. The van der Waals surface area contributed by atoms with Gasteiger partial charge in [0.15, 0.2) is 6.29 Å². The van der Waals surface area contributed by atoms with Gasteiger partial charge in [-0.25, -0.2) is 4.57 Å². The summed E-state index contributed by atoms with van der Waals surface area (Å²) in [5.41, 5.74) is 0. The average molecular weight is 270 g/mol. The first kappa shape index (κ1) is 14.7. The van der Waals surface area contributed by atoms with Crippen LogP contribution in [0.2, 0.25) is 0 Å². The van der Waals surface area contributed by atoms with Crippen LogP contribution in [0.15, 0.2) is 0 Å². The monoisotopic (exact) mass is 270 g/mol. The molecule has 0 aromatic heterocycles. The third-order valence-corrected chi connectivity index (χ3v) is 3.13. The molecule has 0 amide bonds. The van der Waals surface area contributed by atoms with Crippen molar-refractivity contribution in [3.63, 3.8) is 0 Å². The van der Waals surface area contributed by atoms with E-state index in [0.29, 0.717) is 0 Å². The lowest BCUT2D eigenvalue weighted by atomic mass is 9.89. The number of hydrogen-bond acceptors (Lipinski definition) is 6. The summed E-state index contributed by atoms with van der Waals surface area (Å²) in [5.74, 6) is -2.67. The Morgan fingerprint density at radius 1 is 1.59 bits per heavy atom. The minimum atomic E-state index is -4.66. The molecule has 1 fully saturated rings. The summed E-state index contributed by atoms with van der Waals surface area (Å²) in [5, 5.41) is 19.2. The third kappa shape index (κ3) is 4.11. The number of carbonyl (C=O) groups excluding carboxylic acids is 1. The summed E-state index contributed by atoms with van der Waals surface area (Å²) in [6.07, 6.45) is -2.16. The molecular formula is C8H15O8P. The lowest BCUT2D eigenvalue weighted by molar-refractivity contribution is -0.269. The Hall–Kier alpha value is -0.340. The Labute approximate surface area is 97.4 Å². The third-order valence-electron chi connectivity index (χ3n) is 2.64. The molecule has 1 heterocycles. The molecule has 4 N–H and O–H groups in total. The van der Waals surface area contributed by atoms with E-state index in [9.17, 15) is 19.6 Å². The highest BCUT2D eigenvalue weighted by Gasteiger charge is 2.44. The highest BCUT2D eigenvalue weighted by Crippen LogP contribution is 2.38. The van der Waals surface area contributed by atoms with E-state index < -0.39 is 38.3 Å². The Morgan fingerprint density at radius 2 is 2.18 bits per heavy atom. The van der Waals surface area contributed by atoms with E-state index in [1.165, 1.54) is 0 Å². The molecule has 9 heteroatoms. The molecule has 0 bridgehead atoms. The number of carbonyl (C=O) groups is 1. The van der Waals surface area contributed by atoms with Gasteiger partial charge in [-0.15, -0.1) is 0 Å². The molecule has 1 aliphatic rings. The predicted molar refractivity (Wildman–Crippen MR) is 53.7 cm³/mol. The van der Waals surface area contributed by atoms with Gasteiger partial charge in [-0.3, -0.25) is 9.32 Å². The van der Waals surface area contributed by atoms with Crippen molar-refractivity contribution in [3.8, 4) is 0 Å². The predicted octanol–water partition coefficient (Wildman–Crippen LogP) is -1.23. The van der Waals surface area contributed by atoms with Gasteiger partial charge in [-0.2, -0.15) is 0 Å². The molecule has 1 rings (SSSR count). The summed E-state index contributed by atoms with van der Waals surface area (Å²) in [6.45, 7) is 1.03. The van der Waals surface area contributed by atoms with Gasteiger partial charge in [0.25, 0.3) is 0 Å². The summed E-state index contributed by atoms with van der Waals surface area (Å²) in [7, 11) is -4.66. The van der Waals surface area contributed by atoms with Gasteiger partial charge < -0.3 is 24.7 Å². The average Bonchev–Trinajstić information content (AvgIpc) is 2.20. The van der Waals surface area contributed by atoms with Gasteiger partial charge in [0.2, 0.25) is 5.79 Å². The fraction of sp³-hybridized carbons (Fsp3) is 0.875. The van der Waals surface area contributed by atoms with Crippen LogP contribution < -0.4 is 0 Å². The van der Waals surface area contributed by atoms with E-state index in [-0.39, 0.29) is 12.7 Å². The number of phosphoric ester groups is 1. The lowest BCUT2D eigenvalue weighted by Gasteiger charge is -2.40. The van der Waals surface area contributed by atoms with Crippen LogP contribution in [0.5, 0.6) is 0 Å². The van der Waals surface area contributed by atoms with Crippen LogP contribution in [0, 0.1) is 5.92 Å². The van der Waals surface area contributed by atoms with Crippen molar-refractivity contribution in [2.75, 3.05) is 6.61 Å². The van der Waals surface area contributed by atoms with Crippen LogP contribution >= 0.6 is 7.82 Å². The first-order valence-corrected chi connectivity index (χ1v) is 6.44. The zero-order valence-corrected chi connectivity index (χ0v) is 9.99. The van der Waals surface area contributed by atoms with E-state index in [4.69, 9.17) is 14.5 Å². The minimum absolute atomic E-state index is 0.132. The van der Waals surface area contributed by atoms with Gasteiger partial charge in [-0.1, -0.05) is 6.92 Å². The van der Waals surface area contributed by atoms with Gasteiger partial charge in [-0.05, 0) is 0 Å². The van der Waals surface area contributed by atoms with Crippen LogP contribution in [0.1, 0.15) is 13.3 Å². The van der Waals surface area contributed by atoms with Gasteiger partial charge in [0.05, 0.1) is 18.8 Å². The maximum absolute atomic E-state index is 10.6. The number of hydrogen-bond donors (Lipinski definition) is 4. The SMILES string of the molecule is CC1C(O)CC(O)(C=O)OC1COP(=O)(O)O. The lowest BCUT2D eigenvalue weighted by Crippen LogP contribution is -2.53. The Bertz CT molecular complexity index is 327. The van der Waals surface area contributed by atoms with Gasteiger partial charge in [0.1, 0.15) is 0 Å². The number of phosphoric acid groups is 1. The van der Waals surface area contributed by atoms with Crippen molar-refractivity contribution >= 4 is 14.1 Å². The van der Waals surface area contributed by atoms with E-state index >= 15 is 0 Å². The molecule has 0 radical (unpaired) electrons. The highest BCUT2D eigenvalue weighted by atomic mass is 31.2. The molecule has 0 aliphatic carbocycles. The highest BCUT2D eigenvalue weighted by molar-refractivity contribution is 7.46. The fourth-order valence-corrected chi connectivity index (χ4v) is 1.92. The molecule has 1 aliphatic heterocycles. The summed E-state index contributed by atoms with van der Waals surface area (Å²) < 4.78 is 19.7. The van der Waals surface area contributed by atoms with Gasteiger partial charge >= 0.3 is 7.82 Å². The number of ether oxygens (including phenoxy) is 1. The van der Waals surface area contributed by atoms with E-state index in [0.717, 1.165) is 0 Å². The molecule has 8 nitrogen and oxygen atoms in total. The van der Waals surface area contributed by atoms with E-state index in [1.807, 2.05) is 0 Å². The van der Waals surface area contributed by atoms with Crippen molar-refractivity contribution in [2.24, 2.45) is 5.92 Å². The first-order chi connectivity index (χ1) is 7.67. The van der Waals surface area contributed by atoms with E-state index in [1.54, 1.807) is 6.92 Å². The standard InChI is InChI=1S/C8H15O8P/c1-5-6(10)2-8(11,4-9)16-7(5)3-15-17(12,13)14/h4-7,10-11H,2-3H2,1H3,(H2,12,13,14). The van der Waals surface area contributed by atoms with Crippen LogP contribution in [-0.4, -0.2) is 50.9 Å². The zero-order chi connectivity index (χ0) is 13.3. The van der Waals surface area contributed by atoms with Crippen molar-refractivity contribution in [3.05, 3.63) is 0 Å². The van der Waals surface area contributed by atoms with Crippen molar-refractivity contribution < 1.29 is 38.6 Å². The molecule has 0 spiro atoms. The Morgan fingerprint density at radius 3 is 2.65 bits per heavy atom. The zero-order valence-electron chi connectivity index (χ0n) is 9.09. The quantitative estimate of drug-likeness (QED) is 0.368. The molecular weight excluding hydrogens is 255 g/mol. The minimum Gasteiger partial charge on any atom is -0.393 e. The molecule has 4 unspecified atom stereocenters. The molecule has 1 saturated heterocycles. The second-order valence-corrected chi connectivity index (χ2v) is 5.28. The Balaban J connectivity index is 2.69.